The second-order valence-corrected chi connectivity index (χ2v) is 8.53. The number of fused-ring (bicyclic) bond motifs is 3. The number of anilines is 1. The molecule has 0 spiro atoms. The summed E-state index contributed by atoms with van der Waals surface area (Å²) in [6.07, 6.45) is -0.822. The van der Waals surface area contributed by atoms with Gasteiger partial charge in [0.25, 0.3) is 5.91 Å². The minimum Gasteiger partial charge on any atom is -0.481 e. The molecule has 0 radical (unpaired) electrons. The Kier molecular flexibility index (Phi) is 6.86. The number of carbonyl (C=O) groups excluding carboxylic acids is 2. The van der Waals surface area contributed by atoms with Gasteiger partial charge in [-0.25, -0.2) is 4.79 Å². The summed E-state index contributed by atoms with van der Waals surface area (Å²) in [5.74, 6) is -1.15. The maximum absolute atomic E-state index is 12.9. The highest BCUT2D eigenvalue weighted by molar-refractivity contribution is 5.94. The molecule has 9 nitrogen and oxygen atoms in total. The summed E-state index contributed by atoms with van der Waals surface area (Å²) in [6.45, 7) is 3.95. The van der Waals surface area contributed by atoms with Gasteiger partial charge in [0.2, 0.25) is 0 Å². The van der Waals surface area contributed by atoms with Gasteiger partial charge >= 0.3 is 12.1 Å². The van der Waals surface area contributed by atoms with Crippen molar-refractivity contribution in [3.05, 3.63) is 71.4 Å². The van der Waals surface area contributed by atoms with Crippen molar-refractivity contribution in [1.29, 1.82) is 0 Å². The SMILES string of the molecule is CCN(C(=O)c1cc(NC(=O)OCC2c3ccccc3-c3ccccc32)n(C)n1)C(C)CC(=O)O. The van der Waals surface area contributed by atoms with Crippen molar-refractivity contribution < 1.29 is 24.2 Å². The number of ether oxygens (including phenoxy) is 1. The highest BCUT2D eigenvalue weighted by atomic mass is 16.5. The number of benzene rings is 2. The van der Waals surface area contributed by atoms with Crippen molar-refractivity contribution >= 4 is 23.8 Å². The predicted octanol–water partition coefficient (Wildman–Crippen LogP) is 4.11. The molecule has 1 aliphatic rings. The Morgan fingerprint density at radius 2 is 1.71 bits per heavy atom. The Bertz CT molecular complexity index is 1220. The van der Waals surface area contributed by atoms with Gasteiger partial charge in [-0.15, -0.1) is 0 Å². The summed E-state index contributed by atoms with van der Waals surface area (Å²) >= 11 is 0. The molecule has 9 heteroatoms. The zero-order chi connectivity index (χ0) is 25.1. The normalized spacial score (nSPS) is 13.0. The first-order chi connectivity index (χ1) is 16.8. The smallest absolute Gasteiger partial charge is 0.412 e. The van der Waals surface area contributed by atoms with Crippen molar-refractivity contribution in [3.63, 3.8) is 0 Å². The summed E-state index contributed by atoms with van der Waals surface area (Å²) in [7, 11) is 1.60. The lowest BCUT2D eigenvalue weighted by atomic mass is 9.98. The average molecular weight is 477 g/mol. The molecule has 35 heavy (non-hydrogen) atoms. The van der Waals surface area contributed by atoms with Gasteiger partial charge in [0, 0.05) is 31.6 Å². The number of hydrogen-bond acceptors (Lipinski definition) is 5. The lowest BCUT2D eigenvalue weighted by Gasteiger charge is -2.26. The van der Waals surface area contributed by atoms with E-state index < -0.39 is 24.0 Å². The Balaban J connectivity index is 1.43. The highest BCUT2D eigenvalue weighted by Gasteiger charge is 2.29. The van der Waals surface area contributed by atoms with E-state index in [4.69, 9.17) is 9.84 Å². The first kappa shape index (κ1) is 24.0. The molecule has 0 bridgehead atoms. The van der Waals surface area contributed by atoms with Crippen molar-refractivity contribution in [3.8, 4) is 11.1 Å². The number of nitrogens with one attached hydrogen (secondary N) is 1. The molecule has 0 saturated carbocycles. The van der Waals surface area contributed by atoms with E-state index in [1.807, 2.05) is 36.4 Å². The zero-order valence-corrected chi connectivity index (χ0v) is 19.9. The quantitative estimate of drug-likeness (QED) is 0.506. The van der Waals surface area contributed by atoms with Crippen LogP contribution in [0.2, 0.25) is 0 Å². The standard InChI is InChI=1S/C26H28N4O5/c1-4-30(16(2)13-24(31)32)25(33)22-14-23(29(3)28-22)27-26(34)35-15-21-19-11-7-5-9-17(19)18-10-6-8-12-20(18)21/h5-12,14,16,21H,4,13,15H2,1-3H3,(H,27,34)(H,31,32). The molecule has 1 unspecified atom stereocenters. The van der Waals surface area contributed by atoms with E-state index in [0.717, 1.165) is 22.3 Å². The topological polar surface area (TPSA) is 114 Å². The maximum atomic E-state index is 12.9. The lowest BCUT2D eigenvalue weighted by Crippen LogP contribution is -2.39. The molecule has 1 aromatic heterocycles. The summed E-state index contributed by atoms with van der Waals surface area (Å²) in [5.41, 5.74) is 4.63. The lowest BCUT2D eigenvalue weighted by molar-refractivity contribution is -0.138. The average Bonchev–Trinajstić information content (AvgIpc) is 3.35. The van der Waals surface area contributed by atoms with Crippen molar-refractivity contribution in [2.75, 3.05) is 18.5 Å². The van der Waals surface area contributed by atoms with Crippen LogP contribution in [-0.2, 0) is 16.6 Å². The van der Waals surface area contributed by atoms with Crippen LogP contribution in [0.5, 0.6) is 0 Å². The Morgan fingerprint density at radius 1 is 1.11 bits per heavy atom. The number of nitrogens with zero attached hydrogens (tertiary/aromatic N) is 3. The fourth-order valence-electron chi connectivity index (χ4n) is 4.59. The second kappa shape index (κ2) is 10.0. The van der Waals surface area contributed by atoms with E-state index in [2.05, 4.69) is 22.5 Å². The monoisotopic (exact) mass is 476 g/mol. The van der Waals surface area contributed by atoms with Gasteiger partial charge in [0.15, 0.2) is 5.69 Å². The first-order valence-corrected chi connectivity index (χ1v) is 11.5. The van der Waals surface area contributed by atoms with Crippen LogP contribution in [0.4, 0.5) is 10.6 Å². The second-order valence-electron chi connectivity index (χ2n) is 8.53. The Hall–Kier alpha value is -4.14. The number of aryl methyl sites for hydroxylation is 1. The molecule has 1 atom stereocenters. The number of carbonyl (C=O) groups is 3. The molecular weight excluding hydrogens is 448 g/mol. The predicted molar refractivity (Wildman–Crippen MR) is 130 cm³/mol. The third-order valence-corrected chi connectivity index (χ3v) is 6.28. The van der Waals surface area contributed by atoms with Crippen LogP contribution in [0.25, 0.3) is 11.1 Å². The number of amides is 2. The third kappa shape index (κ3) is 4.89. The van der Waals surface area contributed by atoms with E-state index in [1.165, 1.54) is 15.6 Å². The van der Waals surface area contributed by atoms with Crippen LogP contribution in [0.15, 0.2) is 54.6 Å². The molecule has 0 fully saturated rings. The van der Waals surface area contributed by atoms with Gasteiger partial charge in [-0.05, 0) is 36.1 Å². The molecule has 2 aromatic carbocycles. The van der Waals surface area contributed by atoms with Crippen molar-refractivity contribution in [2.45, 2.75) is 32.2 Å². The summed E-state index contributed by atoms with van der Waals surface area (Å²) in [6, 6.07) is 17.1. The van der Waals surface area contributed by atoms with Crippen LogP contribution in [0, 0.1) is 0 Å². The molecule has 0 saturated heterocycles. The zero-order valence-electron chi connectivity index (χ0n) is 19.9. The van der Waals surface area contributed by atoms with E-state index in [-0.39, 0.29) is 24.6 Å². The molecule has 2 amide bonds. The molecule has 4 rings (SSSR count). The third-order valence-electron chi connectivity index (χ3n) is 6.28. The number of rotatable bonds is 8. The number of carboxylic acids is 1. The maximum Gasteiger partial charge on any atom is 0.412 e. The van der Waals surface area contributed by atoms with Crippen molar-refractivity contribution in [2.24, 2.45) is 7.05 Å². The molecule has 1 aliphatic carbocycles. The highest BCUT2D eigenvalue weighted by Crippen LogP contribution is 2.44. The van der Waals surface area contributed by atoms with E-state index in [0.29, 0.717) is 12.4 Å². The van der Waals surface area contributed by atoms with Crippen molar-refractivity contribution in [1.82, 2.24) is 14.7 Å². The fraction of sp³-hybridized carbons (Fsp3) is 0.308. The van der Waals surface area contributed by atoms with E-state index in [9.17, 15) is 14.4 Å². The van der Waals surface area contributed by atoms with Crippen LogP contribution < -0.4 is 5.32 Å². The molecular formula is C26H28N4O5. The van der Waals surface area contributed by atoms with Crippen LogP contribution in [0.1, 0.15) is 47.8 Å². The Labute approximate surface area is 203 Å². The first-order valence-electron chi connectivity index (χ1n) is 11.5. The Morgan fingerprint density at radius 3 is 2.29 bits per heavy atom. The molecule has 3 aromatic rings. The minimum absolute atomic E-state index is 0.0642. The molecule has 1 heterocycles. The van der Waals surface area contributed by atoms with Crippen LogP contribution >= 0.6 is 0 Å². The van der Waals surface area contributed by atoms with E-state index in [1.54, 1.807) is 20.9 Å². The summed E-state index contributed by atoms with van der Waals surface area (Å²) < 4.78 is 6.95. The van der Waals surface area contributed by atoms with Gasteiger partial charge in [0.05, 0.1) is 6.42 Å². The van der Waals surface area contributed by atoms with Gasteiger partial charge < -0.3 is 14.7 Å². The van der Waals surface area contributed by atoms with Gasteiger partial charge in [-0.1, -0.05) is 48.5 Å². The van der Waals surface area contributed by atoms with Gasteiger partial charge in [0.1, 0.15) is 12.4 Å². The van der Waals surface area contributed by atoms with Crippen LogP contribution in [-0.4, -0.2) is 57.0 Å². The summed E-state index contributed by atoms with van der Waals surface area (Å²) in [4.78, 5) is 38.0. The molecule has 0 aliphatic heterocycles. The largest absolute Gasteiger partial charge is 0.481 e. The van der Waals surface area contributed by atoms with Gasteiger partial charge in [-0.2, -0.15) is 5.10 Å². The molecule has 2 N–H and O–H groups in total. The number of aromatic nitrogens is 2. The minimum atomic E-state index is -0.984. The van der Waals surface area contributed by atoms with Crippen LogP contribution in [0.3, 0.4) is 0 Å². The van der Waals surface area contributed by atoms with Gasteiger partial charge in [-0.3, -0.25) is 19.6 Å². The fourth-order valence-corrected chi connectivity index (χ4v) is 4.59. The number of carboxylic acid groups (broad SMARTS) is 1. The van der Waals surface area contributed by atoms with E-state index >= 15 is 0 Å². The molecule has 182 valence electrons. The number of aliphatic carboxylic acids is 1. The summed E-state index contributed by atoms with van der Waals surface area (Å²) in [5, 5.41) is 15.9. The number of hydrogen-bond donors (Lipinski definition) is 2.